The molecule has 0 radical (unpaired) electrons. The van der Waals surface area contributed by atoms with Gasteiger partial charge in [-0.05, 0) is 61.1 Å². The van der Waals surface area contributed by atoms with E-state index in [1.54, 1.807) is 19.0 Å². The maximum absolute atomic E-state index is 12.3. The fraction of sp³-hybridized carbons (Fsp3) is 0.435. The summed E-state index contributed by atoms with van der Waals surface area (Å²) in [5, 5.41) is 13.7. The average Bonchev–Trinajstić information content (AvgIpc) is 2.92. The van der Waals surface area contributed by atoms with Crippen LogP contribution in [-0.2, 0) is 12.8 Å². The lowest BCUT2D eigenvalue weighted by molar-refractivity contribution is 0.0827. The number of ether oxygens (including phenoxy) is 1. The Morgan fingerprint density at radius 3 is 2.69 bits per heavy atom. The van der Waals surface area contributed by atoms with Gasteiger partial charge in [0.05, 0.1) is 0 Å². The Bertz CT molecular complexity index is 783. The molecule has 0 aliphatic heterocycles. The highest BCUT2D eigenvalue weighted by molar-refractivity contribution is 5.94. The molecule has 5 nitrogen and oxygen atoms in total. The zero-order valence-corrected chi connectivity index (χ0v) is 18.0. The summed E-state index contributed by atoms with van der Waals surface area (Å²) in [7, 11) is 3.55. The molecule has 6 heteroatoms. The van der Waals surface area contributed by atoms with E-state index in [9.17, 15) is 9.90 Å². The van der Waals surface area contributed by atoms with Crippen LogP contribution >= 0.6 is 12.4 Å². The standard InChI is InChI=1S/C23H30N2O3.ClH/c1-25(2)23(27)18-12-11-17-7-6-8-20(14-19(17)13-18)24-15-21(26)16-28-22-9-4-3-5-10-22;/h3-5,9-13,20-21,24,26H,6-8,14-16H2,1-2H3;1H/t20?,21-;/m0./s1. The predicted molar refractivity (Wildman–Crippen MR) is 118 cm³/mol. The van der Waals surface area contributed by atoms with Gasteiger partial charge in [-0.2, -0.15) is 0 Å². The second kappa shape index (κ2) is 11.2. The van der Waals surface area contributed by atoms with Crippen molar-refractivity contribution >= 4 is 18.3 Å². The van der Waals surface area contributed by atoms with Crippen LogP contribution in [0.15, 0.2) is 48.5 Å². The summed E-state index contributed by atoms with van der Waals surface area (Å²) in [6, 6.07) is 15.9. The van der Waals surface area contributed by atoms with Crippen molar-refractivity contribution in [1.82, 2.24) is 10.2 Å². The van der Waals surface area contributed by atoms with Crippen LogP contribution in [0.5, 0.6) is 5.75 Å². The van der Waals surface area contributed by atoms with Crippen LogP contribution in [0.1, 0.15) is 34.3 Å². The number of nitrogens with zero attached hydrogens (tertiary/aromatic N) is 1. The minimum Gasteiger partial charge on any atom is -0.491 e. The van der Waals surface area contributed by atoms with Gasteiger partial charge in [0.2, 0.25) is 0 Å². The number of rotatable bonds is 7. The van der Waals surface area contributed by atoms with Gasteiger partial charge in [-0.15, -0.1) is 12.4 Å². The number of benzene rings is 2. The van der Waals surface area contributed by atoms with Gasteiger partial charge in [0, 0.05) is 32.2 Å². The minimum atomic E-state index is -0.565. The second-order valence-electron chi connectivity index (χ2n) is 7.66. The number of fused-ring (bicyclic) bond motifs is 1. The van der Waals surface area contributed by atoms with Crippen molar-refractivity contribution in [2.24, 2.45) is 0 Å². The summed E-state index contributed by atoms with van der Waals surface area (Å²) >= 11 is 0. The van der Waals surface area contributed by atoms with E-state index in [0.717, 1.165) is 37.0 Å². The number of aryl methyl sites for hydroxylation is 1. The summed E-state index contributed by atoms with van der Waals surface area (Å²) in [6.45, 7) is 0.755. The topological polar surface area (TPSA) is 61.8 Å². The van der Waals surface area contributed by atoms with Crippen LogP contribution in [0, 0.1) is 0 Å². The Balaban J connectivity index is 0.00000300. The lowest BCUT2D eigenvalue weighted by atomic mass is 9.98. The molecule has 3 rings (SSSR count). The van der Waals surface area contributed by atoms with Gasteiger partial charge in [0.1, 0.15) is 18.5 Å². The molecular weight excluding hydrogens is 388 g/mol. The average molecular weight is 419 g/mol. The van der Waals surface area contributed by atoms with Crippen molar-refractivity contribution < 1.29 is 14.6 Å². The maximum Gasteiger partial charge on any atom is 0.253 e. The summed E-state index contributed by atoms with van der Waals surface area (Å²) in [6.07, 6.45) is 3.49. The number of hydrogen-bond donors (Lipinski definition) is 2. The number of nitrogens with one attached hydrogen (secondary N) is 1. The predicted octanol–water partition coefficient (Wildman–Crippen LogP) is 3.09. The Morgan fingerprint density at radius 2 is 1.97 bits per heavy atom. The monoisotopic (exact) mass is 418 g/mol. The van der Waals surface area contributed by atoms with Gasteiger partial charge in [-0.3, -0.25) is 4.79 Å². The fourth-order valence-electron chi connectivity index (χ4n) is 3.60. The van der Waals surface area contributed by atoms with Crippen molar-refractivity contribution in [3.63, 3.8) is 0 Å². The molecule has 0 saturated carbocycles. The van der Waals surface area contributed by atoms with E-state index in [-0.39, 0.29) is 31.0 Å². The van der Waals surface area contributed by atoms with Gasteiger partial charge in [0.15, 0.2) is 0 Å². The van der Waals surface area contributed by atoms with Crippen LogP contribution in [0.3, 0.4) is 0 Å². The highest BCUT2D eigenvalue weighted by Crippen LogP contribution is 2.23. The molecule has 0 heterocycles. The van der Waals surface area contributed by atoms with Gasteiger partial charge >= 0.3 is 0 Å². The number of aliphatic hydroxyl groups excluding tert-OH is 1. The van der Waals surface area contributed by atoms with Crippen molar-refractivity contribution in [3.8, 4) is 5.75 Å². The van der Waals surface area contributed by atoms with Crippen LogP contribution in [0.25, 0.3) is 0 Å². The first-order valence-corrected chi connectivity index (χ1v) is 9.95. The Kier molecular flexibility index (Phi) is 8.96. The zero-order chi connectivity index (χ0) is 19.9. The third kappa shape index (κ3) is 6.74. The van der Waals surface area contributed by atoms with Crippen LogP contribution in [0.2, 0.25) is 0 Å². The SMILES string of the molecule is CN(C)C(=O)c1ccc2c(c1)CC(NC[C@H](O)COc1ccccc1)CCC2.Cl. The second-order valence-corrected chi connectivity index (χ2v) is 7.66. The minimum absolute atomic E-state index is 0. The summed E-state index contributed by atoms with van der Waals surface area (Å²) in [4.78, 5) is 13.9. The molecule has 158 valence electrons. The molecule has 1 aliphatic carbocycles. The van der Waals surface area contributed by atoms with Crippen LogP contribution in [0.4, 0.5) is 0 Å². The van der Waals surface area contributed by atoms with Crippen LogP contribution < -0.4 is 10.1 Å². The summed E-state index contributed by atoms with van der Waals surface area (Å²) in [5.41, 5.74) is 3.30. The van der Waals surface area contributed by atoms with Crippen molar-refractivity contribution in [1.29, 1.82) is 0 Å². The van der Waals surface area contributed by atoms with Gasteiger partial charge in [0.25, 0.3) is 5.91 Å². The molecule has 2 aromatic rings. The molecule has 0 saturated heterocycles. The molecule has 0 spiro atoms. The normalized spacial score (nSPS) is 16.7. The van der Waals surface area contributed by atoms with Crippen molar-refractivity contribution in [2.45, 2.75) is 37.8 Å². The fourth-order valence-corrected chi connectivity index (χ4v) is 3.60. The molecule has 1 aliphatic rings. The van der Waals surface area contributed by atoms with E-state index >= 15 is 0 Å². The molecule has 0 fully saturated rings. The zero-order valence-electron chi connectivity index (χ0n) is 17.1. The number of halogens is 1. The number of amides is 1. The number of carbonyl (C=O) groups is 1. The van der Waals surface area contributed by atoms with E-state index < -0.39 is 6.10 Å². The summed E-state index contributed by atoms with van der Waals surface area (Å²) in [5.74, 6) is 0.799. The maximum atomic E-state index is 12.3. The number of carbonyl (C=O) groups excluding carboxylic acids is 1. The van der Waals surface area contributed by atoms with Gasteiger partial charge < -0.3 is 20.1 Å². The van der Waals surface area contributed by atoms with E-state index in [1.807, 2.05) is 42.5 Å². The first kappa shape index (κ1) is 23.2. The highest BCUT2D eigenvalue weighted by Gasteiger charge is 2.19. The lowest BCUT2D eigenvalue weighted by Gasteiger charge is -2.20. The molecular formula is C23H31ClN2O3. The van der Waals surface area contributed by atoms with Crippen molar-refractivity contribution in [2.75, 3.05) is 27.2 Å². The van der Waals surface area contributed by atoms with E-state index in [4.69, 9.17) is 4.74 Å². The quantitative estimate of drug-likeness (QED) is 0.678. The van der Waals surface area contributed by atoms with Gasteiger partial charge in [-0.25, -0.2) is 0 Å². The smallest absolute Gasteiger partial charge is 0.253 e. The molecule has 29 heavy (non-hydrogen) atoms. The first-order valence-electron chi connectivity index (χ1n) is 9.95. The number of hydrogen-bond acceptors (Lipinski definition) is 4. The van der Waals surface area contributed by atoms with Crippen molar-refractivity contribution in [3.05, 3.63) is 65.2 Å². The highest BCUT2D eigenvalue weighted by atomic mass is 35.5. The Hall–Kier alpha value is -2.08. The molecule has 1 amide bonds. The molecule has 0 aromatic heterocycles. The van der Waals surface area contributed by atoms with Gasteiger partial charge in [-0.1, -0.05) is 24.3 Å². The van der Waals surface area contributed by atoms with E-state index in [2.05, 4.69) is 11.4 Å². The lowest BCUT2D eigenvalue weighted by Crippen LogP contribution is -2.39. The third-order valence-electron chi connectivity index (χ3n) is 5.15. The molecule has 2 atom stereocenters. The van der Waals surface area contributed by atoms with E-state index in [0.29, 0.717) is 6.54 Å². The number of para-hydroxylation sites is 1. The molecule has 0 bridgehead atoms. The number of aliphatic hydroxyl groups is 1. The molecule has 2 aromatic carbocycles. The Morgan fingerprint density at radius 1 is 1.21 bits per heavy atom. The van der Waals surface area contributed by atoms with Crippen LogP contribution in [-0.4, -0.2) is 55.3 Å². The summed E-state index contributed by atoms with van der Waals surface area (Å²) < 4.78 is 5.62. The van der Waals surface area contributed by atoms with E-state index in [1.165, 1.54) is 11.1 Å². The third-order valence-corrected chi connectivity index (χ3v) is 5.15. The Labute approximate surface area is 179 Å². The largest absolute Gasteiger partial charge is 0.491 e. The molecule has 1 unspecified atom stereocenters. The molecule has 2 N–H and O–H groups in total. The first-order chi connectivity index (χ1) is 13.5.